The largest absolute Gasteiger partial charge is 0.334 e. The summed E-state index contributed by atoms with van der Waals surface area (Å²) in [5.74, 6) is -0.131. The van der Waals surface area contributed by atoms with E-state index in [2.05, 4.69) is 9.97 Å². The van der Waals surface area contributed by atoms with Gasteiger partial charge in [-0.1, -0.05) is 19.9 Å². The fourth-order valence-electron chi connectivity index (χ4n) is 3.58. The van der Waals surface area contributed by atoms with Crippen LogP contribution in [0.1, 0.15) is 36.6 Å². The van der Waals surface area contributed by atoms with Crippen LogP contribution >= 0.6 is 0 Å². The molecule has 3 rings (SSSR count). The number of nitrogens with zero attached hydrogens (tertiary/aromatic N) is 4. The van der Waals surface area contributed by atoms with Crippen molar-refractivity contribution in [3.63, 3.8) is 0 Å². The van der Waals surface area contributed by atoms with Gasteiger partial charge in [-0.3, -0.25) is 9.59 Å². The molecule has 1 fully saturated rings. The van der Waals surface area contributed by atoms with Crippen molar-refractivity contribution in [3.8, 4) is 6.07 Å². The van der Waals surface area contributed by atoms with E-state index in [1.165, 1.54) is 0 Å². The van der Waals surface area contributed by atoms with Gasteiger partial charge in [-0.15, -0.1) is 0 Å². The van der Waals surface area contributed by atoms with E-state index < -0.39 is 5.41 Å². The molecule has 1 amide bonds. The zero-order valence-corrected chi connectivity index (χ0v) is 13.5. The van der Waals surface area contributed by atoms with E-state index in [0.717, 1.165) is 5.69 Å². The first-order valence-electron chi connectivity index (χ1n) is 7.53. The molecular weight excluding hydrogens is 292 g/mol. The molecule has 1 aromatic rings. The molecule has 0 unspecified atom stereocenters. The molecule has 0 radical (unpaired) electrons. The topological polar surface area (TPSA) is 87.0 Å². The first kappa shape index (κ1) is 15.3. The second-order valence-electron chi connectivity index (χ2n) is 7.10. The number of nitriles is 1. The van der Waals surface area contributed by atoms with Crippen LogP contribution in [0.5, 0.6) is 0 Å². The maximum atomic E-state index is 12.4. The normalized spacial score (nSPS) is 21.4. The molecule has 0 saturated carbocycles. The zero-order valence-electron chi connectivity index (χ0n) is 13.5. The lowest BCUT2D eigenvalue weighted by Gasteiger charge is -2.52. The first-order chi connectivity index (χ1) is 10.8. The van der Waals surface area contributed by atoms with Crippen molar-refractivity contribution in [2.45, 2.75) is 27.2 Å². The predicted molar refractivity (Wildman–Crippen MR) is 82.2 cm³/mol. The lowest BCUT2D eigenvalue weighted by Crippen LogP contribution is -2.61. The number of amides is 1. The van der Waals surface area contributed by atoms with E-state index >= 15 is 0 Å². The van der Waals surface area contributed by atoms with Crippen LogP contribution in [0.2, 0.25) is 0 Å². The average molecular weight is 310 g/mol. The summed E-state index contributed by atoms with van der Waals surface area (Å²) in [5.41, 5.74) is 0.0892. The Bertz CT molecular complexity index is 767. The number of likely N-dealkylation sites (tertiary alicyclic amines) is 1. The highest BCUT2D eigenvalue weighted by atomic mass is 16.2. The molecule has 0 N–H and O–H groups in total. The van der Waals surface area contributed by atoms with Gasteiger partial charge in [0.05, 0.1) is 5.57 Å². The van der Waals surface area contributed by atoms with Gasteiger partial charge in [0.25, 0.3) is 5.91 Å². The minimum atomic E-state index is -0.575. The maximum absolute atomic E-state index is 12.4. The van der Waals surface area contributed by atoms with E-state index in [1.54, 1.807) is 23.2 Å². The van der Waals surface area contributed by atoms with Crippen LogP contribution < -0.4 is 0 Å². The summed E-state index contributed by atoms with van der Waals surface area (Å²) in [6.45, 7) is 6.51. The van der Waals surface area contributed by atoms with Crippen LogP contribution in [0.15, 0.2) is 23.9 Å². The van der Waals surface area contributed by atoms with Crippen LogP contribution in [0.25, 0.3) is 0 Å². The third-order valence-electron chi connectivity index (χ3n) is 4.51. The molecule has 0 bridgehead atoms. The molecule has 6 heteroatoms. The summed E-state index contributed by atoms with van der Waals surface area (Å²) < 4.78 is 0. The number of aromatic nitrogens is 2. The van der Waals surface area contributed by atoms with Crippen molar-refractivity contribution < 1.29 is 9.59 Å². The number of hydrogen-bond donors (Lipinski definition) is 0. The Hall–Kier alpha value is -2.55. The molecule has 118 valence electrons. The Morgan fingerprint density at radius 1 is 1.39 bits per heavy atom. The van der Waals surface area contributed by atoms with E-state index in [-0.39, 0.29) is 28.5 Å². The molecule has 2 heterocycles. The van der Waals surface area contributed by atoms with Gasteiger partial charge in [-0.05, 0) is 19.4 Å². The Balaban J connectivity index is 1.80. The smallest absolute Gasteiger partial charge is 0.291 e. The molecule has 6 nitrogen and oxygen atoms in total. The van der Waals surface area contributed by atoms with Crippen LogP contribution in [0, 0.1) is 29.1 Å². The van der Waals surface area contributed by atoms with Crippen LogP contribution in [-0.2, 0) is 4.79 Å². The number of carbonyl (C=O) groups is 2. The van der Waals surface area contributed by atoms with Gasteiger partial charge >= 0.3 is 0 Å². The van der Waals surface area contributed by atoms with Crippen LogP contribution in [0.4, 0.5) is 0 Å². The van der Waals surface area contributed by atoms with Gasteiger partial charge in [0.15, 0.2) is 5.78 Å². The minimum absolute atomic E-state index is 0.114. The lowest BCUT2D eigenvalue weighted by atomic mass is 9.61. The van der Waals surface area contributed by atoms with Gasteiger partial charge in [0.2, 0.25) is 5.82 Å². The summed E-state index contributed by atoms with van der Waals surface area (Å²) in [6, 6.07) is 3.74. The fraction of sp³-hybridized carbons (Fsp3) is 0.471. The third-order valence-corrected chi connectivity index (χ3v) is 4.51. The Kier molecular flexibility index (Phi) is 3.33. The molecule has 1 aromatic heterocycles. The summed E-state index contributed by atoms with van der Waals surface area (Å²) in [7, 11) is 0. The Labute approximate surface area is 134 Å². The van der Waals surface area contributed by atoms with E-state index in [1.807, 2.05) is 26.8 Å². The minimum Gasteiger partial charge on any atom is -0.334 e. The summed E-state index contributed by atoms with van der Waals surface area (Å²) in [6.07, 6.45) is 3.96. The Morgan fingerprint density at radius 2 is 2.09 bits per heavy atom. The molecular formula is C17H18N4O2. The molecule has 1 aliphatic carbocycles. The summed E-state index contributed by atoms with van der Waals surface area (Å²) >= 11 is 0. The van der Waals surface area contributed by atoms with Gasteiger partial charge < -0.3 is 4.90 Å². The van der Waals surface area contributed by atoms with Crippen molar-refractivity contribution in [1.82, 2.24) is 14.9 Å². The van der Waals surface area contributed by atoms with E-state index in [9.17, 15) is 14.9 Å². The number of Topliss-reactive ketones (excluding diaryl/α,β-unsaturated/α-hetero) is 1. The number of rotatable bonds is 1. The van der Waals surface area contributed by atoms with Gasteiger partial charge in [-0.2, -0.15) is 5.26 Å². The SMILES string of the molecule is Cc1ccnc(C(=O)N2CC3(C=C(C#N)C(=O)C(C)(C)C3)C2)n1. The molecule has 2 aliphatic rings. The standard InChI is InChI=1S/C17H18N4O2/c1-11-4-5-19-14(20-11)15(23)21-9-17(10-21)6-12(7-18)13(22)16(2,3)8-17/h4-6H,8-10H2,1-3H3. The number of carbonyl (C=O) groups excluding carboxylic acids is 2. The van der Waals surface area contributed by atoms with Gasteiger partial charge in [0, 0.05) is 35.8 Å². The quantitative estimate of drug-likeness (QED) is 0.787. The van der Waals surface area contributed by atoms with Crippen molar-refractivity contribution >= 4 is 11.7 Å². The Morgan fingerprint density at radius 3 is 2.70 bits per heavy atom. The van der Waals surface area contributed by atoms with Crippen molar-refractivity contribution in [2.24, 2.45) is 10.8 Å². The average Bonchev–Trinajstić information content (AvgIpc) is 2.46. The number of aryl methyl sites for hydroxylation is 1. The third kappa shape index (κ3) is 2.52. The molecule has 23 heavy (non-hydrogen) atoms. The second-order valence-corrected chi connectivity index (χ2v) is 7.10. The molecule has 1 aliphatic heterocycles. The van der Waals surface area contributed by atoms with Crippen LogP contribution in [-0.4, -0.2) is 39.6 Å². The first-order valence-corrected chi connectivity index (χ1v) is 7.53. The zero-order chi connectivity index (χ0) is 16.8. The highest BCUT2D eigenvalue weighted by molar-refractivity contribution is 6.04. The fourth-order valence-corrected chi connectivity index (χ4v) is 3.58. The molecule has 1 saturated heterocycles. The highest BCUT2D eigenvalue weighted by Crippen LogP contribution is 2.48. The lowest BCUT2D eigenvalue weighted by molar-refractivity contribution is -0.127. The van der Waals surface area contributed by atoms with Crippen molar-refractivity contribution in [3.05, 3.63) is 35.4 Å². The summed E-state index contributed by atoms with van der Waals surface area (Å²) in [5, 5.41) is 9.19. The number of hydrogen-bond acceptors (Lipinski definition) is 5. The molecule has 0 aromatic carbocycles. The summed E-state index contributed by atoms with van der Waals surface area (Å²) in [4.78, 5) is 34.5. The van der Waals surface area contributed by atoms with E-state index in [4.69, 9.17) is 0 Å². The highest BCUT2D eigenvalue weighted by Gasteiger charge is 2.52. The maximum Gasteiger partial charge on any atom is 0.291 e. The predicted octanol–water partition coefficient (Wildman–Crippen LogP) is 1.68. The van der Waals surface area contributed by atoms with Gasteiger partial charge in [0.1, 0.15) is 6.07 Å². The molecule has 1 spiro atoms. The van der Waals surface area contributed by atoms with Crippen molar-refractivity contribution in [1.29, 1.82) is 5.26 Å². The molecule has 0 atom stereocenters. The second kappa shape index (κ2) is 4.98. The number of allylic oxidation sites excluding steroid dienone is 1. The van der Waals surface area contributed by atoms with Crippen molar-refractivity contribution in [2.75, 3.05) is 13.1 Å². The van der Waals surface area contributed by atoms with Crippen LogP contribution in [0.3, 0.4) is 0 Å². The number of ketones is 1. The van der Waals surface area contributed by atoms with Gasteiger partial charge in [-0.25, -0.2) is 9.97 Å². The van der Waals surface area contributed by atoms with E-state index in [0.29, 0.717) is 19.5 Å². The monoisotopic (exact) mass is 310 g/mol.